The van der Waals surface area contributed by atoms with E-state index < -0.39 is 17.2 Å². The Morgan fingerprint density at radius 2 is 1.65 bits per heavy atom. The van der Waals surface area contributed by atoms with E-state index in [1.807, 2.05) is 26.8 Å². The lowest BCUT2D eigenvalue weighted by Gasteiger charge is -2.25. The molecular weight excluding hydrogens is 225 g/mol. The van der Waals surface area contributed by atoms with Gasteiger partial charge in [0.15, 0.2) is 0 Å². The molecule has 0 saturated carbocycles. The average Bonchev–Trinajstić information content (AvgIpc) is 2.59. The lowest BCUT2D eigenvalue weighted by molar-refractivity contribution is -0.138. The van der Waals surface area contributed by atoms with Gasteiger partial charge in [-0.25, -0.2) is 0 Å². The van der Waals surface area contributed by atoms with Crippen molar-refractivity contribution < 1.29 is 13.2 Å². The number of benzene rings is 1. The molecule has 0 heterocycles. The van der Waals surface area contributed by atoms with Crippen LogP contribution in [-0.2, 0) is 18.0 Å². The largest absolute Gasteiger partial charge is 0.416 e. The fourth-order valence-corrected chi connectivity index (χ4v) is 2.16. The molecule has 0 fully saturated rings. The second-order valence-corrected chi connectivity index (χ2v) is 5.45. The Morgan fingerprint density at radius 1 is 1.00 bits per heavy atom. The Kier molecular flexibility index (Phi) is 2.60. The van der Waals surface area contributed by atoms with Crippen molar-refractivity contribution in [3.05, 3.63) is 40.5 Å². The van der Waals surface area contributed by atoms with Crippen LogP contribution in [0.1, 0.15) is 43.0 Å². The zero-order chi connectivity index (χ0) is 12.8. The van der Waals surface area contributed by atoms with Gasteiger partial charge in [0.05, 0.1) is 5.56 Å². The number of hydrogen-bond acceptors (Lipinski definition) is 0. The van der Waals surface area contributed by atoms with Gasteiger partial charge in [-0.05, 0) is 34.6 Å². The molecule has 3 heteroatoms. The van der Waals surface area contributed by atoms with Crippen LogP contribution in [0.5, 0.6) is 0 Å². The van der Waals surface area contributed by atoms with Crippen molar-refractivity contribution in [2.24, 2.45) is 0 Å². The Balaban J connectivity index is 2.67. The smallest absolute Gasteiger partial charge is 0.166 e. The topological polar surface area (TPSA) is 0 Å². The lowest BCUT2D eigenvalue weighted by Crippen LogP contribution is -2.20. The van der Waals surface area contributed by atoms with E-state index in [4.69, 9.17) is 0 Å². The van der Waals surface area contributed by atoms with Gasteiger partial charge >= 0.3 is 6.18 Å². The van der Waals surface area contributed by atoms with Crippen molar-refractivity contribution >= 4 is 6.08 Å². The van der Waals surface area contributed by atoms with Gasteiger partial charge in [-0.2, -0.15) is 13.2 Å². The van der Waals surface area contributed by atoms with Crippen LogP contribution in [0.25, 0.3) is 6.08 Å². The molecule has 1 aromatic carbocycles. The third-order valence-electron chi connectivity index (χ3n) is 3.03. The number of rotatable bonds is 0. The second kappa shape index (κ2) is 3.62. The van der Waals surface area contributed by atoms with Crippen LogP contribution < -0.4 is 0 Å². The zero-order valence-corrected chi connectivity index (χ0v) is 10.2. The molecule has 0 unspecified atom stereocenters. The van der Waals surface area contributed by atoms with Gasteiger partial charge in [-0.15, -0.1) is 0 Å². The maximum absolute atomic E-state index is 13.0. The van der Waals surface area contributed by atoms with Crippen molar-refractivity contribution in [1.29, 1.82) is 0 Å². The standard InChI is InChI=1S/C14H15F3/c1-13(2,3)11-7-9-5-4-6-10(9)8-12(11)14(15,16)17/h4,6-8H,5H2,1-3H3. The molecule has 0 aliphatic heterocycles. The molecule has 0 amide bonds. The molecular formula is C14H15F3. The first-order valence-corrected chi connectivity index (χ1v) is 5.61. The Hall–Kier alpha value is -1.25. The van der Waals surface area contributed by atoms with Crippen LogP contribution >= 0.6 is 0 Å². The molecule has 2 rings (SSSR count). The molecule has 1 aromatic rings. The van der Waals surface area contributed by atoms with Crippen molar-refractivity contribution in [3.8, 4) is 0 Å². The molecule has 0 bridgehead atoms. The van der Waals surface area contributed by atoms with Crippen LogP contribution in [-0.4, -0.2) is 0 Å². The number of alkyl halides is 3. The first-order valence-electron chi connectivity index (χ1n) is 5.61. The van der Waals surface area contributed by atoms with E-state index in [1.165, 1.54) is 6.07 Å². The van der Waals surface area contributed by atoms with Gasteiger partial charge < -0.3 is 0 Å². The quantitative estimate of drug-likeness (QED) is 0.623. The highest BCUT2D eigenvalue weighted by atomic mass is 19.4. The van der Waals surface area contributed by atoms with Crippen LogP contribution in [0.4, 0.5) is 13.2 Å². The third kappa shape index (κ3) is 2.24. The molecule has 0 saturated heterocycles. The summed E-state index contributed by atoms with van der Waals surface area (Å²) < 4.78 is 39.1. The third-order valence-corrected chi connectivity index (χ3v) is 3.03. The van der Waals surface area contributed by atoms with Gasteiger partial charge in [0.2, 0.25) is 0 Å². The predicted molar refractivity (Wildman–Crippen MR) is 62.9 cm³/mol. The minimum atomic E-state index is -4.28. The summed E-state index contributed by atoms with van der Waals surface area (Å²) in [6.07, 6.45) is 0.110. The maximum atomic E-state index is 13.0. The van der Waals surface area contributed by atoms with E-state index in [9.17, 15) is 13.2 Å². The van der Waals surface area contributed by atoms with E-state index in [-0.39, 0.29) is 0 Å². The fourth-order valence-electron chi connectivity index (χ4n) is 2.16. The van der Waals surface area contributed by atoms with E-state index >= 15 is 0 Å². The molecule has 0 nitrogen and oxygen atoms in total. The van der Waals surface area contributed by atoms with Crippen molar-refractivity contribution in [2.45, 2.75) is 38.8 Å². The van der Waals surface area contributed by atoms with Crippen LogP contribution in [0, 0.1) is 0 Å². The predicted octanol–water partition coefficient (Wildman–Crippen LogP) is 4.57. The van der Waals surface area contributed by atoms with Gasteiger partial charge in [0.1, 0.15) is 0 Å². The summed E-state index contributed by atoms with van der Waals surface area (Å²) in [5.41, 5.74) is 1.07. The van der Waals surface area contributed by atoms with Gasteiger partial charge in [0, 0.05) is 0 Å². The van der Waals surface area contributed by atoms with Crippen molar-refractivity contribution in [3.63, 3.8) is 0 Å². The SMILES string of the molecule is CC(C)(C)c1cc2c(cc1C(F)(F)F)C=CC2. The molecule has 0 N–H and O–H groups in total. The number of halogens is 3. The highest BCUT2D eigenvalue weighted by Crippen LogP contribution is 2.40. The van der Waals surface area contributed by atoms with Crippen molar-refractivity contribution in [2.75, 3.05) is 0 Å². The molecule has 1 aliphatic carbocycles. The number of fused-ring (bicyclic) bond motifs is 1. The summed E-state index contributed by atoms with van der Waals surface area (Å²) in [5, 5.41) is 0. The minimum Gasteiger partial charge on any atom is -0.166 e. The van der Waals surface area contributed by atoms with Gasteiger partial charge in [0.25, 0.3) is 0 Å². The van der Waals surface area contributed by atoms with Crippen LogP contribution in [0.15, 0.2) is 18.2 Å². The van der Waals surface area contributed by atoms with Crippen LogP contribution in [0.3, 0.4) is 0 Å². The highest BCUT2D eigenvalue weighted by Gasteiger charge is 2.37. The molecule has 0 spiro atoms. The monoisotopic (exact) mass is 240 g/mol. The maximum Gasteiger partial charge on any atom is 0.416 e. The normalized spacial score (nSPS) is 15.2. The number of hydrogen-bond donors (Lipinski definition) is 0. The highest BCUT2D eigenvalue weighted by molar-refractivity contribution is 5.63. The first-order chi connectivity index (χ1) is 7.69. The molecule has 0 aromatic heterocycles. The molecule has 17 heavy (non-hydrogen) atoms. The summed E-state index contributed by atoms with van der Waals surface area (Å²) >= 11 is 0. The summed E-state index contributed by atoms with van der Waals surface area (Å²) in [5.74, 6) is 0. The Bertz CT molecular complexity index is 473. The van der Waals surface area contributed by atoms with Gasteiger partial charge in [-0.3, -0.25) is 0 Å². The Labute approximate surface area is 99.2 Å². The lowest BCUT2D eigenvalue weighted by atomic mass is 9.81. The summed E-state index contributed by atoms with van der Waals surface area (Å²) in [6.45, 7) is 5.44. The molecule has 1 aliphatic rings. The van der Waals surface area contributed by atoms with E-state index in [0.717, 1.165) is 12.0 Å². The average molecular weight is 240 g/mol. The molecule has 92 valence electrons. The van der Waals surface area contributed by atoms with E-state index in [1.54, 1.807) is 12.1 Å². The van der Waals surface area contributed by atoms with Gasteiger partial charge in [-0.1, -0.05) is 39.0 Å². The van der Waals surface area contributed by atoms with E-state index in [2.05, 4.69) is 0 Å². The minimum absolute atomic E-state index is 0.382. The summed E-state index contributed by atoms with van der Waals surface area (Å²) in [6, 6.07) is 2.98. The Morgan fingerprint density at radius 3 is 2.18 bits per heavy atom. The fraction of sp³-hybridized carbons (Fsp3) is 0.429. The molecule has 0 radical (unpaired) electrons. The van der Waals surface area contributed by atoms with Crippen molar-refractivity contribution in [1.82, 2.24) is 0 Å². The first kappa shape index (κ1) is 12.2. The van der Waals surface area contributed by atoms with Crippen LogP contribution in [0.2, 0.25) is 0 Å². The zero-order valence-electron chi connectivity index (χ0n) is 10.2. The second-order valence-electron chi connectivity index (χ2n) is 5.45. The van der Waals surface area contributed by atoms with E-state index in [0.29, 0.717) is 11.1 Å². The summed E-state index contributed by atoms with van der Waals surface area (Å²) in [4.78, 5) is 0. The number of allylic oxidation sites excluding steroid dienone is 1. The molecule has 0 atom stereocenters. The summed E-state index contributed by atoms with van der Waals surface area (Å²) in [7, 11) is 0.